The van der Waals surface area contributed by atoms with Gasteiger partial charge in [-0.25, -0.2) is 0 Å². The minimum absolute atomic E-state index is 0.104. The first-order chi connectivity index (χ1) is 10.1. The Morgan fingerprint density at radius 3 is 2.48 bits per heavy atom. The molecular weight excluding hydrogens is 258 g/mol. The first-order valence-electron chi connectivity index (χ1n) is 8.52. The monoisotopic (exact) mass is 289 g/mol. The van der Waals surface area contributed by atoms with Crippen molar-refractivity contribution in [2.45, 2.75) is 71.0 Å². The van der Waals surface area contributed by atoms with Gasteiger partial charge in [0.2, 0.25) is 0 Å². The van der Waals surface area contributed by atoms with Crippen molar-refractivity contribution < 1.29 is 0 Å². The molecule has 1 aromatic heterocycles. The van der Waals surface area contributed by atoms with Crippen molar-refractivity contribution in [1.29, 1.82) is 0 Å². The molecule has 2 rings (SSSR count). The van der Waals surface area contributed by atoms with E-state index in [1.54, 1.807) is 0 Å². The maximum absolute atomic E-state index is 6.36. The molecule has 0 radical (unpaired) electrons. The molecule has 0 saturated heterocycles. The Morgan fingerprint density at radius 2 is 1.95 bits per heavy atom. The zero-order chi connectivity index (χ0) is 15.2. The van der Waals surface area contributed by atoms with E-state index in [0.717, 1.165) is 18.2 Å². The van der Waals surface area contributed by atoms with E-state index in [1.165, 1.54) is 32.1 Å². The van der Waals surface area contributed by atoms with Gasteiger partial charge in [-0.15, -0.1) is 0 Å². The van der Waals surface area contributed by atoms with E-state index in [0.29, 0.717) is 6.04 Å². The van der Waals surface area contributed by atoms with Gasteiger partial charge in [-0.05, 0) is 50.8 Å². The fraction of sp³-hybridized carbons (Fsp3) is 0.722. The second kappa shape index (κ2) is 7.90. The first-order valence-corrected chi connectivity index (χ1v) is 8.52. The quantitative estimate of drug-likeness (QED) is 0.831. The average molecular weight is 289 g/mol. The highest BCUT2D eigenvalue weighted by atomic mass is 15.2. The molecule has 0 aromatic carbocycles. The SMILES string of the molecule is CC(C)CCN(C1CCCC1)C(c1ccccn1)C(C)N. The van der Waals surface area contributed by atoms with Crippen LogP contribution in [0.5, 0.6) is 0 Å². The Kier molecular flexibility index (Phi) is 6.19. The molecule has 1 saturated carbocycles. The van der Waals surface area contributed by atoms with Crippen LogP contribution in [0.3, 0.4) is 0 Å². The van der Waals surface area contributed by atoms with Crippen LogP contribution in [-0.4, -0.2) is 28.5 Å². The number of nitrogens with two attached hydrogens (primary N) is 1. The van der Waals surface area contributed by atoms with Gasteiger partial charge in [0, 0.05) is 18.3 Å². The Balaban J connectivity index is 2.21. The number of hydrogen-bond acceptors (Lipinski definition) is 3. The highest BCUT2D eigenvalue weighted by molar-refractivity contribution is 5.12. The molecule has 2 N–H and O–H groups in total. The Bertz CT molecular complexity index is 396. The maximum Gasteiger partial charge on any atom is 0.0673 e. The van der Waals surface area contributed by atoms with Crippen LogP contribution in [0.1, 0.15) is 64.6 Å². The third-order valence-electron chi connectivity index (χ3n) is 4.60. The first kappa shape index (κ1) is 16.4. The number of aromatic nitrogens is 1. The van der Waals surface area contributed by atoms with E-state index in [4.69, 9.17) is 5.73 Å². The Morgan fingerprint density at radius 1 is 1.24 bits per heavy atom. The molecule has 0 amide bonds. The molecule has 1 aromatic rings. The summed E-state index contributed by atoms with van der Waals surface area (Å²) in [6.45, 7) is 7.85. The van der Waals surface area contributed by atoms with Crippen molar-refractivity contribution in [3.8, 4) is 0 Å². The van der Waals surface area contributed by atoms with Crippen LogP contribution in [0.15, 0.2) is 24.4 Å². The van der Waals surface area contributed by atoms with Gasteiger partial charge in [0.1, 0.15) is 0 Å². The van der Waals surface area contributed by atoms with Gasteiger partial charge in [0.15, 0.2) is 0 Å². The van der Waals surface area contributed by atoms with Crippen LogP contribution in [0.25, 0.3) is 0 Å². The molecule has 2 atom stereocenters. The minimum Gasteiger partial charge on any atom is -0.326 e. The minimum atomic E-state index is 0.104. The van der Waals surface area contributed by atoms with Crippen molar-refractivity contribution in [2.24, 2.45) is 11.7 Å². The smallest absolute Gasteiger partial charge is 0.0673 e. The van der Waals surface area contributed by atoms with Crippen LogP contribution in [0, 0.1) is 5.92 Å². The van der Waals surface area contributed by atoms with Crippen molar-refractivity contribution >= 4 is 0 Å². The molecule has 3 heteroatoms. The van der Waals surface area contributed by atoms with E-state index >= 15 is 0 Å². The molecule has 118 valence electrons. The summed E-state index contributed by atoms with van der Waals surface area (Å²) in [7, 11) is 0. The summed E-state index contributed by atoms with van der Waals surface area (Å²) in [4.78, 5) is 7.25. The number of rotatable bonds is 7. The van der Waals surface area contributed by atoms with E-state index in [1.807, 2.05) is 12.3 Å². The van der Waals surface area contributed by atoms with Gasteiger partial charge in [-0.2, -0.15) is 0 Å². The summed E-state index contributed by atoms with van der Waals surface area (Å²) in [5.41, 5.74) is 7.49. The number of hydrogen-bond donors (Lipinski definition) is 1. The molecule has 1 heterocycles. The maximum atomic E-state index is 6.36. The summed E-state index contributed by atoms with van der Waals surface area (Å²) in [5.74, 6) is 0.728. The Labute approximate surface area is 129 Å². The van der Waals surface area contributed by atoms with Crippen LogP contribution < -0.4 is 5.73 Å². The lowest BCUT2D eigenvalue weighted by Gasteiger charge is -2.38. The lowest BCUT2D eigenvalue weighted by molar-refractivity contribution is 0.110. The molecular formula is C18H31N3. The zero-order valence-corrected chi connectivity index (χ0v) is 13.8. The largest absolute Gasteiger partial charge is 0.326 e. The second-order valence-electron chi connectivity index (χ2n) is 6.92. The normalized spacial score (nSPS) is 19.3. The van der Waals surface area contributed by atoms with Gasteiger partial charge in [0.05, 0.1) is 11.7 Å². The molecule has 21 heavy (non-hydrogen) atoms. The standard InChI is InChI=1S/C18H31N3/c1-14(2)11-13-21(16-8-4-5-9-16)18(15(3)19)17-10-6-7-12-20-17/h6-7,10,12,14-16,18H,4-5,8-9,11,13,19H2,1-3H3. The van der Waals surface area contributed by atoms with Gasteiger partial charge in [-0.3, -0.25) is 9.88 Å². The fourth-order valence-corrected chi connectivity index (χ4v) is 3.48. The summed E-state index contributed by atoms with van der Waals surface area (Å²) < 4.78 is 0. The van der Waals surface area contributed by atoms with Crippen LogP contribution in [-0.2, 0) is 0 Å². The zero-order valence-electron chi connectivity index (χ0n) is 13.8. The van der Waals surface area contributed by atoms with E-state index in [9.17, 15) is 0 Å². The topological polar surface area (TPSA) is 42.2 Å². The van der Waals surface area contributed by atoms with Crippen LogP contribution >= 0.6 is 0 Å². The molecule has 0 bridgehead atoms. The highest BCUT2D eigenvalue weighted by Crippen LogP contribution is 2.32. The second-order valence-corrected chi connectivity index (χ2v) is 6.92. The molecule has 3 nitrogen and oxygen atoms in total. The fourth-order valence-electron chi connectivity index (χ4n) is 3.48. The van der Waals surface area contributed by atoms with E-state index in [2.05, 4.69) is 42.8 Å². The third-order valence-corrected chi connectivity index (χ3v) is 4.60. The number of nitrogens with zero attached hydrogens (tertiary/aromatic N) is 2. The number of pyridine rings is 1. The van der Waals surface area contributed by atoms with Gasteiger partial charge < -0.3 is 5.73 Å². The molecule has 1 aliphatic carbocycles. The molecule has 0 aliphatic heterocycles. The van der Waals surface area contributed by atoms with Gasteiger partial charge in [-0.1, -0.05) is 32.8 Å². The van der Waals surface area contributed by atoms with Crippen molar-refractivity contribution in [1.82, 2.24) is 9.88 Å². The lowest BCUT2D eigenvalue weighted by Crippen LogP contribution is -2.45. The van der Waals surface area contributed by atoms with Crippen molar-refractivity contribution in [3.05, 3.63) is 30.1 Å². The van der Waals surface area contributed by atoms with Gasteiger partial charge in [0.25, 0.3) is 0 Å². The highest BCUT2D eigenvalue weighted by Gasteiger charge is 2.32. The summed E-state index contributed by atoms with van der Waals surface area (Å²) in [6, 6.07) is 7.22. The van der Waals surface area contributed by atoms with E-state index in [-0.39, 0.29) is 12.1 Å². The third kappa shape index (κ3) is 4.52. The van der Waals surface area contributed by atoms with Crippen molar-refractivity contribution in [2.75, 3.05) is 6.54 Å². The van der Waals surface area contributed by atoms with Crippen LogP contribution in [0.2, 0.25) is 0 Å². The predicted octanol–water partition coefficient (Wildman–Crippen LogP) is 3.76. The van der Waals surface area contributed by atoms with Gasteiger partial charge >= 0.3 is 0 Å². The van der Waals surface area contributed by atoms with E-state index < -0.39 is 0 Å². The molecule has 1 aliphatic rings. The molecule has 2 unspecified atom stereocenters. The lowest BCUT2D eigenvalue weighted by atomic mass is 9.99. The van der Waals surface area contributed by atoms with Crippen molar-refractivity contribution in [3.63, 3.8) is 0 Å². The average Bonchev–Trinajstić information content (AvgIpc) is 2.97. The predicted molar refractivity (Wildman–Crippen MR) is 89.0 cm³/mol. The summed E-state index contributed by atoms with van der Waals surface area (Å²) in [5, 5.41) is 0. The molecule has 1 fully saturated rings. The summed E-state index contributed by atoms with van der Waals surface area (Å²) in [6.07, 6.45) is 8.46. The molecule has 0 spiro atoms. The Hall–Kier alpha value is -0.930. The summed E-state index contributed by atoms with van der Waals surface area (Å²) >= 11 is 0. The van der Waals surface area contributed by atoms with Crippen LogP contribution in [0.4, 0.5) is 0 Å².